The molecule has 0 bridgehead atoms. The van der Waals surface area contributed by atoms with E-state index in [9.17, 15) is 0 Å². The molecule has 0 aromatic carbocycles. The van der Waals surface area contributed by atoms with Gasteiger partial charge in [-0.15, -0.1) is 0 Å². The Morgan fingerprint density at radius 3 is 2.75 bits per heavy atom. The number of aliphatic hydroxyl groups excluding tert-OH is 1. The lowest BCUT2D eigenvalue weighted by Gasteiger charge is -1.87. The van der Waals surface area contributed by atoms with Crippen LogP contribution in [0.4, 0.5) is 0 Å². The highest BCUT2D eigenvalue weighted by Crippen LogP contribution is 1.67. The molecule has 0 aromatic heterocycles. The molecule has 2 heteroatoms. The molecule has 2 nitrogen and oxygen atoms in total. The van der Waals surface area contributed by atoms with Gasteiger partial charge in [0.1, 0.15) is 13.2 Å². The highest BCUT2D eigenvalue weighted by Gasteiger charge is 1.70. The van der Waals surface area contributed by atoms with Gasteiger partial charge >= 0.3 is 0 Å². The Balaban J connectivity index is 2.90. The quantitative estimate of drug-likeness (QED) is 0.405. The van der Waals surface area contributed by atoms with E-state index in [0.29, 0.717) is 13.2 Å². The summed E-state index contributed by atoms with van der Waals surface area (Å²) in [6, 6.07) is 0. The Bertz CT molecular complexity index is 88.4. The smallest absolute Gasteiger partial charge is 0.107 e. The molecule has 0 aliphatic carbocycles. The summed E-state index contributed by atoms with van der Waals surface area (Å²) in [5.41, 5.74) is 0. The lowest BCUT2D eigenvalue weighted by atomic mass is 10.6. The summed E-state index contributed by atoms with van der Waals surface area (Å²) in [5, 5.41) is 8.14. The number of hydrogen-bond acceptors (Lipinski definition) is 2. The molecule has 0 saturated heterocycles. The van der Waals surface area contributed by atoms with E-state index in [1.54, 1.807) is 0 Å². The van der Waals surface area contributed by atoms with Crippen molar-refractivity contribution in [2.24, 2.45) is 0 Å². The normalized spacial score (nSPS) is 7.75. The average molecular weight is 114 g/mol. The maximum atomic E-state index is 8.14. The first-order valence-electron chi connectivity index (χ1n) is 2.56. The molecular weight excluding hydrogens is 104 g/mol. The van der Waals surface area contributed by atoms with Crippen LogP contribution in [0.15, 0.2) is 0 Å². The zero-order valence-electron chi connectivity index (χ0n) is 4.98. The van der Waals surface area contributed by atoms with Gasteiger partial charge in [0.25, 0.3) is 0 Å². The second kappa shape index (κ2) is 6.48. The third-order valence-corrected chi connectivity index (χ3v) is 0.582. The minimum absolute atomic E-state index is 0.0763. The second-order valence-electron chi connectivity index (χ2n) is 1.15. The van der Waals surface area contributed by atoms with Crippen LogP contribution in [0, 0.1) is 11.8 Å². The Labute approximate surface area is 49.5 Å². The van der Waals surface area contributed by atoms with E-state index in [-0.39, 0.29) is 6.61 Å². The van der Waals surface area contributed by atoms with Crippen molar-refractivity contribution in [1.82, 2.24) is 0 Å². The average Bonchev–Trinajstić information content (AvgIpc) is 1.81. The van der Waals surface area contributed by atoms with Crippen LogP contribution in [0.1, 0.15) is 6.92 Å². The van der Waals surface area contributed by atoms with Crippen molar-refractivity contribution in [1.29, 1.82) is 0 Å². The predicted octanol–water partition coefficient (Wildman–Crippen LogP) is 0.0186. The van der Waals surface area contributed by atoms with E-state index in [0.717, 1.165) is 0 Å². The number of ether oxygens (including phenoxy) is 1. The molecule has 0 aromatic rings. The van der Waals surface area contributed by atoms with Gasteiger partial charge in [0.15, 0.2) is 0 Å². The topological polar surface area (TPSA) is 29.5 Å². The number of hydrogen-bond donors (Lipinski definition) is 1. The third-order valence-electron chi connectivity index (χ3n) is 0.582. The highest BCUT2D eigenvalue weighted by molar-refractivity contribution is 4.98. The Morgan fingerprint density at radius 2 is 2.25 bits per heavy atom. The van der Waals surface area contributed by atoms with E-state index in [2.05, 4.69) is 11.8 Å². The summed E-state index contributed by atoms with van der Waals surface area (Å²) in [5.74, 6) is 5.08. The fourth-order valence-electron chi connectivity index (χ4n) is 0.260. The molecule has 0 heterocycles. The van der Waals surface area contributed by atoms with Gasteiger partial charge < -0.3 is 9.84 Å². The lowest BCUT2D eigenvalue weighted by Crippen LogP contribution is -1.88. The van der Waals surface area contributed by atoms with Crippen LogP contribution >= 0.6 is 0 Å². The number of aliphatic hydroxyl groups is 1. The first-order valence-corrected chi connectivity index (χ1v) is 2.56. The molecule has 0 saturated carbocycles. The standard InChI is InChI=1S/C6H10O2/c1-2-8-6-4-3-5-7/h7H,2,5-6H2,1H3. The van der Waals surface area contributed by atoms with E-state index in [1.807, 2.05) is 6.92 Å². The molecule has 0 aliphatic rings. The molecule has 46 valence electrons. The number of rotatable bonds is 2. The summed E-state index contributed by atoms with van der Waals surface area (Å²) in [6.45, 7) is 2.94. The van der Waals surface area contributed by atoms with Gasteiger partial charge in [0, 0.05) is 6.61 Å². The molecule has 0 aliphatic heterocycles. The van der Waals surface area contributed by atoms with Crippen LogP contribution in [0.3, 0.4) is 0 Å². The van der Waals surface area contributed by atoms with Gasteiger partial charge in [-0.3, -0.25) is 0 Å². The van der Waals surface area contributed by atoms with Crippen LogP contribution in [0.25, 0.3) is 0 Å². The van der Waals surface area contributed by atoms with Gasteiger partial charge in [-0.25, -0.2) is 0 Å². The summed E-state index contributed by atoms with van der Waals surface area (Å²) in [6.07, 6.45) is 0. The fourth-order valence-corrected chi connectivity index (χ4v) is 0.260. The molecule has 0 radical (unpaired) electrons. The maximum absolute atomic E-state index is 8.14. The molecule has 1 N–H and O–H groups in total. The van der Waals surface area contributed by atoms with Gasteiger partial charge in [-0.2, -0.15) is 0 Å². The van der Waals surface area contributed by atoms with E-state index in [1.165, 1.54) is 0 Å². The van der Waals surface area contributed by atoms with Crippen LogP contribution < -0.4 is 0 Å². The van der Waals surface area contributed by atoms with E-state index < -0.39 is 0 Å². The van der Waals surface area contributed by atoms with Crippen molar-refractivity contribution in [3.63, 3.8) is 0 Å². The van der Waals surface area contributed by atoms with Crippen LogP contribution in [0.2, 0.25) is 0 Å². The Morgan fingerprint density at radius 1 is 1.50 bits per heavy atom. The summed E-state index contributed by atoms with van der Waals surface area (Å²) >= 11 is 0. The zero-order chi connectivity index (χ0) is 6.24. The van der Waals surface area contributed by atoms with Crippen molar-refractivity contribution in [2.75, 3.05) is 19.8 Å². The monoisotopic (exact) mass is 114 g/mol. The molecule has 0 amide bonds. The zero-order valence-corrected chi connectivity index (χ0v) is 4.98. The van der Waals surface area contributed by atoms with Crippen LogP contribution in [-0.2, 0) is 4.74 Å². The summed E-state index contributed by atoms with van der Waals surface area (Å²) in [4.78, 5) is 0. The van der Waals surface area contributed by atoms with Crippen molar-refractivity contribution in [3.8, 4) is 11.8 Å². The highest BCUT2D eigenvalue weighted by atomic mass is 16.5. The summed E-state index contributed by atoms with van der Waals surface area (Å²) < 4.78 is 4.85. The Kier molecular flexibility index (Phi) is 6.06. The summed E-state index contributed by atoms with van der Waals surface area (Å²) in [7, 11) is 0. The second-order valence-corrected chi connectivity index (χ2v) is 1.15. The fraction of sp³-hybridized carbons (Fsp3) is 0.667. The lowest BCUT2D eigenvalue weighted by molar-refractivity contribution is 0.182. The van der Waals surface area contributed by atoms with Gasteiger partial charge in [0.2, 0.25) is 0 Å². The molecule has 0 rings (SSSR count). The van der Waals surface area contributed by atoms with Crippen LogP contribution in [-0.4, -0.2) is 24.9 Å². The molecule has 0 unspecified atom stereocenters. The molecular formula is C6H10O2. The van der Waals surface area contributed by atoms with Crippen molar-refractivity contribution >= 4 is 0 Å². The van der Waals surface area contributed by atoms with Crippen LogP contribution in [0.5, 0.6) is 0 Å². The van der Waals surface area contributed by atoms with Gasteiger partial charge in [-0.05, 0) is 6.92 Å². The molecule has 0 atom stereocenters. The molecule has 0 spiro atoms. The molecule has 8 heavy (non-hydrogen) atoms. The largest absolute Gasteiger partial charge is 0.384 e. The van der Waals surface area contributed by atoms with Crippen molar-refractivity contribution < 1.29 is 9.84 Å². The first kappa shape index (κ1) is 7.48. The van der Waals surface area contributed by atoms with Gasteiger partial charge in [-0.1, -0.05) is 11.8 Å². The maximum Gasteiger partial charge on any atom is 0.107 e. The SMILES string of the molecule is CCOCC#CCO. The van der Waals surface area contributed by atoms with E-state index in [4.69, 9.17) is 9.84 Å². The minimum atomic E-state index is -0.0763. The minimum Gasteiger partial charge on any atom is -0.384 e. The van der Waals surface area contributed by atoms with Crippen molar-refractivity contribution in [3.05, 3.63) is 0 Å². The van der Waals surface area contributed by atoms with Crippen molar-refractivity contribution in [2.45, 2.75) is 6.92 Å². The predicted molar refractivity (Wildman–Crippen MR) is 31.4 cm³/mol. The Hall–Kier alpha value is -0.520. The first-order chi connectivity index (χ1) is 3.91. The third kappa shape index (κ3) is 5.48. The molecule has 0 fully saturated rings. The van der Waals surface area contributed by atoms with E-state index >= 15 is 0 Å². The van der Waals surface area contributed by atoms with Gasteiger partial charge in [0.05, 0.1) is 0 Å².